The zero-order valence-corrected chi connectivity index (χ0v) is 15.0. The number of carbonyl (C=O) groups excluding carboxylic acids is 2. The molecule has 1 aliphatic carbocycles. The molecular weight excluding hydrogens is 345 g/mol. The second kappa shape index (κ2) is 5.57. The topological polar surface area (TPSA) is 133 Å². The third-order valence-corrected chi connectivity index (χ3v) is 4.57. The summed E-state index contributed by atoms with van der Waals surface area (Å²) in [7, 11) is -4.89. The maximum Gasteiger partial charge on any atom is 1.00 e. The minimum Gasteiger partial charge on any atom is -0.744 e. The van der Waals surface area contributed by atoms with Gasteiger partial charge in [0.15, 0.2) is 11.6 Å². The van der Waals surface area contributed by atoms with E-state index in [2.05, 4.69) is 15.4 Å². The van der Waals surface area contributed by atoms with E-state index in [0.29, 0.717) is 0 Å². The Kier molecular flexibility index (Phi) is 3.93. The van der Waals surface area contributed by atoms with Crippen LogP contribution >= 0.6 is 0 Å². The number of aromatic nitrogens is 3. The van der Waals surface area contributed by atoms with Crippen molar-refractivity contribution in [2.24, 2.45) is 0 Å². The molecule has 0 saturated carbocycles. The van der Waals surface area contributed by atoms with Gasteiger partial charge in [0, 0.05) is 16.7 Å². The fraction of sp³-hybridized carbons (Fsp3) is 0. The molecule has 0 saturated heterocycles. The van der Waals surface area contributed by atoms with Crippen LogP contribution in [0, 0.1) is 0 Å². The van der Waals surface area contributed by atoms with E-state index in [4.69, 9.17) is 0 Å². The van der Waals surface area contributed by atoms with Crippen LogP contribution in [0.1, 0.15) is 31.8 Å². The van der Waals surface area contributed by atoms with Crippen molar-refractivity contribution in [3.8, 4) is 0 Å². The first-order chi connectivity index (χ1) is 10.9. The van der Waals surface area contributed by atoms with Crippen molar-refractivity contribution in [2.75, 3.05) is 0 Å². The quantitative estimate of drug-likeness (QED) is 0.300. The van der Waals surface area contributed by atoms with Crippen molar-refractivity contribution >= 4 is 32.7 Å². The van der Waals surface area contributed by atoms with E-state index >= 15 is 0 Å². The Morgan fingerprint density at radius 2 is 1.50 bits per heavy atom. The van der Waals surface area contributed by atoms with Crippen LogP contribution in [0.5, 0.6) is 0 Å². The molecular formula is C14H6N3NaO5S. The van der Waals surface area contributed by atoms with Crippen LogP contribution in [0.25, 0.3) is 11.0 Å². The predicted octanol–water partition coefficient (Wildman–Crippen LogP) is -2.36. The van der Waals surface area contributed by atoms with Gasteiger partial charge in [-0.05, 0) is 6.07 Å². The molecule has 1 aromatic heterocycles. The van der Waals surface area contributed by atoms with Gasteiger partial charge in [-0.3, -0.25) is 9.59 Å². The van der Waals surface area contributed by atoms with Gasteiger partial charge in [-0.1, -0.05) is 24.3 Å². The zero-order valence-electron chi connectivity index (χ0n) is 12.2. The predicted molar refractivity (Wildman–Crippen MR) is 75.2 cm³/mol. The summed E-state index contributed by atoms with van der Waals surface area (Å²) >= 11 is 0. The molecule has 1 aliphatic rings. The largest absolute Gasteiger partial charge is 1.00 e. The Morgan fingerprint density at radius 3 is 2.12 bits per heavy atom. The Bertz CT molecular complexity index is 1140. The van der Waals surface area contributed by atoms with E-state index < -0.39 is 26.6 Å². The molecule has 4 rings (SSSR count). The second-order valence-corrected chi connectivity index (χ2v) is 6.32. The molecule has 114 valence electrons. The van der Waals surface area contributed by atoms with Gasteiger partial charge in [-0.2, -0.15) is 15.4 Å². The van der Waals surface area contributed by atoms with Crippen molar-refractivity contribution in [3.63, 3.8) is 0 Å². The summed E-state index contributed by atoms with van der Waals surface area (Å²) in [5.74, 6) is -1.01. The minimum absolute atomic E-state index is 0. The van der Waals surface area contributed by atoms with E-state index in [1.807, 2.05) is 0 Å². The fourth-order valence-corrected chi connectivity index (χ4v) is 3.38. The summed E-state index contributed by atoms with van der Waals surface area (Å²) in [5.41, 5.74) is -0.215. The van der Waals surface area contributed by atoms with Gasteiger partial charge in [0.1, 0.15) is 21.2 Å². The first-order valence-electron chi connectivity index (χ1n) is 6.41. The van der Waals surface area contributed by atoms with Crippen LogP contribution in [0.2, 0.25) is 0 Å². The van der Waals surface area contributed by atoms with E-state index in [-0.39, 0.29) is 62.8 Å². The molecule has 1 N–H and O–H groups in total. The summed E-state index contributed by atoms with van der Waals surface area (Å²) in [6.45, 7) is 0. The summed E-state index contributed by atoms with van der Waals surface area (Å²) in [5, 5.41) is 9.57. The number of carbonyl (C=O) groups is 2. The maximum absolute atomic E-state index is 12.7. The van der Waals surface area contributed by atoms with Crippen LogP contribution in [-0.4, -0.2) is 39.9 Å². The average Bonchev–Trinajstić information content (AvgIpc) is 2.99. The third-order valence-electron chi connectivity index (χ3n) is 3.72. The molecule has 0 fully saturated rings. The standard InChI is InChI=1S/C14H7N3O5S.Na/c18-13-6-3-1-2-4-7(6)14(19)10-8(13)5-9(23(20,21)22)11-12(10)16-17-15-11;/h1-5H,(H,15,16,17)(H,20,21,22);/q;+1/p-1. The maximum atomic E-state index is 12.7. The van der Waals surface area contributed by atoms with Gasteiger partial charge in [0.25, 0.3) is 0 Å². The number of rotatable bonds is 1. The van der Waals surface area contributed by atoms with Crippen LogP contribution in [0.3, 0.4) is 0 Å². The number of nitrogens with zero attached hydrogens (tertiary/aromatic N) is 2. The smallest absolute Gasteiger partial charge is 0.744 e. The molecule has 0 unspecified atom stereocenters. The number of hydrogen-bond acceptors (Lipinski definition) is 7. The van der Waals surface area contributed by atoms with Crippen molar-refractivity contribution in [2.45, 2.75) is 4.90 Å². The molecule has 0 spiro atoms. The van der Waals surface area contributed by atoms with Crippen molar-refractivity contribution in [1.82, 2.24) is 15.4 Å². The molecule has 1 heterocycles. The Balaban J connectivity index is 0.00000169. The molecule has 24 heavy (non-hydrogen) atoms. The molecule has 2 aromatic carbocycles. The van der Waals surface area contributed by atoms with E-state index in [9.17, 15) is 22.6 Å². The van der Waals surface area contributed by atoms with Gasteiger partial charge >= 0.3 is 29.6 Å². The minimum atomic E-state index is -4.89. The number of H-pyrrole nitrogens is 1. The van der Waals surface area contributed by atoms with E-state index in [1.165, 1.54) is 12.1 Å². The zero-order chi connectivity index (χ0) is 16.4. The monoisotopic (exact) mass is 351 g/mol. The van der Waals surface area contributed by atoms with Gasteiger partial charge in [-0.25, -0.2) is 8.42 Å². The SMILES string of the molecule is O=C1c2ccccc2C(=O)c2c1cc(S(=O)(=O)[O-])c1n[nH]nc21.[Na+]. The Labute approximate surface area is 157 Å². The fourth-order valence-electron chi connectivity index (χ4n) is 2.73. The number of hydrogen-bond donors (Lipinski definition) is 1. The van der Waals surface area contributed by atoms with Gasteiger partial charge in [0.05, 0.1) is 10.5 Å². The number of benzene rings is 2. The van der Waals surface area contributed by atoms with E-state index in [0.717, 1.165) is 6.07 Å². The van der Waals surface area contributed by atoms with Gasteiger partial charge < -0.3 is 4.55 Å². The first-order valence-corrected chi connectivity index (χ1v) is 7.82. The average molecular weight is 351 g/mol. The Hall–Kier alpha value is -1.91. The summed E-state index contributed by atoms with van der Waals surface area (Å²) in [6, 6.07) is 7.08. The molecule has 0 radical (unpaired) electrons. The number of aromatic amines is 1. The normalized spacial score (nSPS) is 13.4. The summed E-state index contributed by atoms with van der Waals surface area (Å²) < 4.78 is 34.3. The first kappa shape index (κ1) is 16.9. The summed E-state index contributed by atoms with van der Waals surface area (Å²) in [4.78, 5) is 24.6. The molecule has 0 aliphatic heterocycles. The number of nitrogens with one attached hydrogen (secondary N) is 1. The van der Waals surface area contributed by atoms with Crippen LogP contribution in [0.4, 0.5) is 0 Å². The molecule has 3 aromatic rings. The number of fused-ring (bicyclic) bond motifs is 4. The van der Waals surface area contributed by atoms with Crippen molar-refractivity contribution in [1.29, 1.82) is 0 Å². The molecule has 0 bridgehead atoms. The van der Waals surface area contributed by atoms with Crippen LogP contribution < -0.4 is 29.6 Å². The van der Waals surface area contributed by atoms with Crippen LogP contribution in [-0.2, 0) is 10.1 Å². The molecule has 0 amide bonds. The molecule has 10 heteroatoms. The van der Waals surface area contributed by atoms with E-state index in [1.54, 1.807) is 12.1 Å². The third kappa shape index (κ3) is 2.25. The van der Waals surface area contributed by atoms with Gasteiger partial charge in [0.2, 0.25) is 0 Å². The van der Waals surface area contributed by atoms with Gasteiger partial charge in [-0.15, -0.1) is 0 Å². The van der Waals surface area contributed by atoms with Crippen molar-refractivity contribution in [3.05, 3.63) is 52.6 Å². The van der Waals surface area contributed by atoms with Crippen LogP contribution in [0.15, 0.2) is 35.2 Å². The second-order valence-electron chi connectivity index (χ2n) is 4.98. The molecule has 8 nitrogen and oxygen atoms in total. The summed E-state index contributed by atoms with van der Waals surface area (Å²) in [6.07, 6.45) is 0. The molecule has 0 atom stereocenters. The van der Waals surface area contributed by atoms with Crippen molar-refractivity contribution < 1.29 is 52.1 Å². The Morgan fingerprint density at radius 1 is 0.917 bits per heavy atom. The number of ketones is 2.